The maximum absolute atomic E-state index is 2.41. The van der Waals surface area contributed by atoms with Gasteiger partial charge in [-0.05, 0) is 29.6 Å². The molecule has 2 atom stereocenters. The average Bonchev–Trinajstić information content (AvgIpc) is 1.82. The smallest absolute Gasteiger partial charge is 0.0298 e. The molecule has 0 N–H and O–H groups in total. The van der Waals surface area contributed by atoms with E-state index < -0.39 is 0 Å². The highest BCUT2D eigenvalue weighted by atomic mass is 14.5. The third kappa shape index (κ3) is 1.60. The molecular formula is C11H24. The molecule has 0 aromatic carbocycles. The van der Waals surface area contributed by atoms with E-state index >= 15 is 0 Å². The molecule has 68 valence electrons. The van der Waals surface area contributed by atoms with Gasteiger partial charge in [-0.1, -0.05) is 42.0 Å². The minimum Gasteiger partial charge on any atom is -0.0776 e. The number of rotatable bonds is 1. The van der Waals surface area contributed by atoms with E-state index in [1.807, 2.05) is 0 Å². The summed E-state index contributed by atoms with van der Waals surface area (Å²) in [6, 6.07) is 0. The van der Waals surface area contributed by atoms with Crippen molar-refractivity contribution in [2.45, 2.75) is 48.5 Å². The van der Waals surface area contributed by atoms with E-state index in [1.165, 1.54) is 6.42 Å². The molecule has 0 radical (unpaired) electrons. The first-order valence-electron chi connectivity index (χ1n) is 4.46. The van der Waals surface area contributed by atoms with Crippen molar-refractivity contribution in [3.05, 3.63) is 0 Å². The second-order valence-electron chi connectivity index (χ2n) is 4.81. The summed E-state index contributed by atoms with van der Waals surface area (Å²) in [6.07, 6.45) is 1.45. The molecule has 0 saturated heterocycles. The second-order valence-corrected chi connectivity index (χ2v) is 4.81. The Labute approximate surface area is 72.4 Å². The normalized spacial score (nSPS) is 34.4. The van der Waals surface area contributed by atoms with E-state index in [1.54, 1.807) is 0 Å². The lowest BCUT2D eigenvalue weighted by Gasteiger charge is -2.53. The van der Waals surface area contributed by atoms with Crippen LogP contribution in [0.3, 0.4) is 0 Å². The average molecular weight is 156 g/mol. The minimum absolute atomic E-state index is 0. The standard InChI is InChI=1S/C10H20.CH4/c1-7(2)9-6-8(3)10(9,4)5;/h7-9H,6H2,1-5H3;1H4. The zero-order valence-corrected chi connectivity index (χ0v) is 7.94. The van der Waals surface area contributed by atoms with E-state index in [0.29, 0.717) is 5.41 Å². The van der Waals surface area contributed by atoms with Crippen molar-refractivity contribution in [1.82, 2.24) is 0 Å². The first-order chi connectivity index (χ1) is 4.46. The molecule has 0 aromatic heterocycles. The molecule has 0 spiro atoms. The highest BCUT2D eigenvalue weighted by molar-refractivity contribution is 4.95. The molecule has 0 amide bonds. The summed E-state index contributed by atoms with van der Waals surface area (Å²) in [4.78, 5) is 0. The van der Waals surface area contributed by atoms with Crippen LogP contribution in [-0.2, 0) is 0 Å². The van der Waals surface area contributed by atoms with Crippen molar-refractivity contribution in [3.8, 4) is 0 Å². The van der Waals surface area contributed by atoms with Crippen molar-refractivity contribution in [1.29, 1.82) is 0 Å². The molecule has 0 aliphatic heterocycles. The Balaban J connectivity index is 0.000001000. The molecule has 1 aliphatic carbocycles. The molecule has 1 fully saturated rings. The summed E-state index contributed by atoms with van der Waals surface area (Å²) < 4.78 is 0. The van der Waals surface area contributed by atoms with Gasteiger partial charge >= 0.3 is 0 Å². The van der Waals surface area contributed by atoms with Crippen LogP contribution in [0, 0.1) is 23.2 Å². The van der Waals surface area contributed by atoms with E-state index in [2.05, 4.69) is 34.6 Å². The van der Waals surface area contributed by atoms with Gasteiger partial charge in [-0.2, -0.15) is 0 Å². The fourth-order valence-electron chi connectivity index (χ4n) is 2.32. The van der Waals surface area contributed by atoms with Crippen molar-refractivity contribution >= 4 is 0 Å². The SMILES string of the molecule is C.CC(C)C1CC(C)C1(C)C. The Bertz CT molecular complexity index is 122. The van der Waals surface area contributed by atoms with Gasteiger partial charge in [0.1, 0.15) is 0 Å². The van der Waals surface area contributed by atoms with Crippen LogP contribution < -0.4 is 0 Å². The van der Waals surface area contributed by atoms with Gasteiger partial charge in [0, 0.05) is 0 Å². The third-order valence-electron chi connectivity index (χ3n) is 3.64. The van der Waals surface area contributed by atoms with Crippen LogP contribution in [-0.4, -0.2) is 0 Å². The Kier molecular flexibility index (Phi) is 3.16. The molecule has 0 bridgehead atoms. The topological polar surface area (TPSA) is 0 Å². The molecule has 0 nitrogen and oxygen atoms in total. The van der Waals surface area contributed by atoms with E-state index in [4.69, 9.17) is 0 Å². The zero-order valence-electron chi connectivity index (χ0n) is 7.94. The quantitative estimate of drug-likeness (QED) is 0.539. The summed E-state index contributed by atoms with van der Waals surface area (Å²) >= 11 is 0. The predicted molar refractivity (Wildman–Crippen MR) is 52.6 cm³/mol. The first-order valence-corrected chi connectivity index (χ1v) is 4.46. The molecule has 0 heteroatoms. The van der Waals surface area contributed by atoms with Crippen LogP contribution in [0.15, 0.2) is 0 Å². The van der Waals surface area contributed by atoms with Crippen LogP contribution in [0.2, 0.25) is 0 Å². The van der Waals surface area contributed by atoms with Crippen LogP contribution >= 0.6 is 0 Å². The Morgan fingerprint density at radius 1 is 1.27 bits per heavy atom. The van der Waals surface area contributed by atoms with Crippen molar-refractivity contribution in [2.24, 2.45) is 23.2 Å². The predicted octanol–water partition coefficient (Wildman–Crippen LogP) is 3.96. The minimum atomic E-state index is 0. The van der Waals surface area contributed by atoms with Crippen molar-refractivity contribution in [3.63, 3.8) is 0 Å². The van der Waals surface area contributed by atoms with E-state index in [-0.39, 0.29) is 7.43 Å². The van der Waals surface area contributed by atoms with Crippen molar-refractivity contribution < 1.29 is 0 Å². The molecule has 11 heavy (non-hydrogen) atoms. The monoisotopic (exact) mass is 156 g/mol. The summed E-state index contributed by atoms with van der Waals surface area (Å²) in [5.74, 6) is 2.80. The molecule has 1 aliphatic rings. The van der Waals surface area contributed by atoms with Gasteiger partial charge in [-0.3, -0.25) is 0 Å². The molecule has 1 rings (SSSR count). The fourth-order valence-corrected chi connectivity index (χ4v) is 2.32. The summed E-state index contributed by atoms with van der Waals surface area (Å²) in [6.45, 7) is 11.9. The molecule has 0 aromatic rings. The van der Waals surface area contributed by atoms with Gasteiger partial charge in [-0.25, -0.2) is 0 Å². The van der Waals surface area contributed by atoms with Gasteiger partial charge in [0.15, 0.2) is 0 Å². The van der Waals surface area contributed by atoms with Gasteiger partial charge in [0.05, 0.1) is 0 Å². The number of hydrogen-bond donors (Lipinski definition) is 0. The Hall–Kier alpha value is 0. The molecule has 0 heterocycles. The van der Waals surface area contributed by atoms with Crippen LogP contribution in [0.25, 0.3) is 0 Å². The van der Waals surface area contributed by atoms with Crippen molar-refractivity contribution in [2.75, 3.05) is 0 Å². The second kappa shape index (κ2) is 3.16. The first kappa shape index (κ1) is 11.0. The summed E-state index contributed by atoms with van der Waals surface area (Å²) in [7, 11) is 0. The number of hydrogen-bond acceptors (Lipinski definition) is 0. The van der Waals surface area contributed by atoms with Crippen LogP contribution in [0.4, 0.5) is 0 Å². The van der Waals surface area contributed by atoms with E-state index in [0.717, 1.165) is 17.8 Å². The van der Waals surface area contributed by atoms with Gasteiger partial charge in [0.2, 0.25) is 0 Å². The molecule has 1 saturated carbocycles. The molecule has 2 unspecified atom stereocenters. The molecular weight excluding hydrogens is 132 g/mol. The Morgan fingerprint density at radius 2 is 1.73 bits per heavy atom. The zero-order chi connectivity index (χ0) is 7.94. The van der Waals surface area contributed by atoms with E-state index in [9.17, 15) is 0 Å². The lowest BCUT2D eigenvalue weighted by Crippen LogP contribution is -2.45. The summed E-state index contributed by atoms with van der Waals surface area (Å²) in [5, 5.41) is 0. The lowest BCUT2D eigenvalue weighted by molar-refractivity contribution is -0.0375. The van der Waals surface area contributed by atoms with Gasteiger partial charge in [0.25, 0.3) is 0 Å². The summed E-state index contributed by atoms with van der Waals surface area (Å²) in [5.41, 5.74) is 0.619. The van der Waals surface area contributed by atoms with Crippen LogP contribution in [0.1, 0.15) is 48.5 Å². The van der Waals surface area contributed by atoms with Gasteiger partial charge < -0.3 is 0 Å². The Morgan fingerprint density at radius 3 is 1.82 bits per heavy atom. The lowest BCUT2D eigenvalue weighted by atomic mass is 9.52. The van der Waals surface area contributed by atoms with Gasteiger partial charge in [-0.15, -0.1) is 0 Å². The highest BCUT2D eigenvalue weighted by Crippen LogP contribution is 2.53. The highest BCUT2D eigenvalue weighted by Gasteiger charge is 2.46. The third-order valence-corrected chi connectivity index (χ3v) is 3.64. The maximum atomic E-state index is 2.41. The largest absolute Gasteiger partial charge is 0.0776 e. The maximum Gasteiger partial charge on any atom is -0.0298 e. The fraction of sp³-hybridized carbons (Fsp3) is 1.00. The van der Waals surface area contributed by atoms with Crippen LogP contribution in [0.5, 0.6) is 0 Å².